The first-order valence-electron chi connectivity index (χ1n) is 10.7. The number of aromatic hydroxyl groups is 1. The van der Waals surface area contributed by atoms with Gasteiger partial charge in [-0.1, -0.05) is 48.5 Å². The molecule has 4 rings (SSSR count). The molecule has 0 spiro atoms. The molecular formula is C28H23FO6. The molecule has 6 nitrogen and oxygen atoms in total. The third-order valence-electron chi connectivity index (χ3n) is 5.52. The molecule has 0 amide bonds. The summed E-state index contributed by atoms with van der Waals surface area (Å²) in [6.45, 7) is 0.190. The van der Waals surface area contributed by atoms with Gasteiger partial charge in [0.15, 0.2) is 11.6 Å². The van der Waals surface area contributed by atoms with E-state index in [4.69, 9.17) is 14.2 Å². The fourth-order valence-electron chi connectivity index (χ4n) is 3.87. The van der Waals surface area contributed by atoms with E-state index < -0.39 is 11.8 Å². The van der Waals surface area contributed by atoms with Crippen LogP contribution >= 0.6 is 0 Å². The number of carbonyl (C=O) groups is 1. The zero-order valence-corrected chi connectivity index (χ0v) is 19.1. The molecular weight excluding hydrogens is 451 g/mol. The van der Waals surface area contributed by atoms with Crippen LogP contribution in [0, 0.1) is 5.82 Å². The molecule has 0 aliphatic carbocycles. The van der Waals surface area contributed by atoms with Crippen molar-refractivity contribution in [3.05, 3.63) is 95.8 Å². The van der Waals surface area contributed by atoms with Crippen LogP contribution < -0.4 is 14.2 Å². The van der Waals surface area contributed by atoms with Crippen molar-refractivity contribution in [1.29, 1.82) is 0 Å². The maximum absolute atomic E-state index is 15.0. The Kier molecular flexibility index (Phi) is 6.87. The summed E-state index contributed by atoms with van der Waals surface area (Å²) >= 11 is 0. The standard InChI is InChI=1S/C28H23FO6/c1-33-24-15-21(18-8-11-20(30)12-9-18)27(34-2)26(28(31)32)25(24)19-10-13-23(22(29)14-19)35-16-17-6-4-3-5-7-17/h3-15,30H,16H2,1-2H3,(H,31,32). The maximum atomic E-state index is 15.0. The topological polar surface area (TPSA) is 85.2 Å². The van der Waals surface area contributed by atoms with Crippen LogP contribution in [0.25, 0.3) is 22.3 Å². The predicted molar refractivity (Wildman–Crippen MR) is 130 cm³/mol. The number of benzene rings is 4. The van der Waals surface area contributed by atoms with Crippen LogP contribution in [0.2, 0.25) is 0 Å². The Hall–Kier alpha value is -4.52. The number of carboxylic acid groups (broad SMARTS) is 1. The number of aromatic carboxylic acids is 1. The number of ether oxygens (including phenoxy) is 3. The molecule has 4 aromatic rings. The molecule has 4 aromatic carbocycles. The van der Waals surface area contributed by atoms with Crippen molar-refractivity contribution in [3.63, 3.8) is 0 Å². The smallest absolute Gasteiger partial charge is 0.340 e. The minimum absolute atomic E-state index is 0.0427. The second-order valence-electron chi connectivity index (χ2n) is 7.68. The van der Waals surface area contributed by atoms with Crippen molar-refractivity contribution < 1.29 is 33.6 Å². The monoisotopic (exact) mass is 474 g/mol. The van der Waals surface area contributed by atoms with Crippen molar-refractivity contribution in [1.82, 2.24) is 0 Å². The number of hydrogen-bond acceptors (Lipinski definition) is 5. The van der Waals surface area contributed by atoms with E-state index in [9.17, 15) is 15.0 Å². The van der Waals surface area contributed by atoms with E-state index in [0.717, 1.165) is 5.56 Å². The number of phenolic OH excluding ortho intramolecular Hbond substituents is 1. The predicted octanol–water partition coefficient (Wildman–Crippen LogP) is 6.16. The Balaban J connectivity index is 1.81. The van der Waals surface area contributed by atoms with Gasteiger partial charge in [-0.2, -0.15) is 0 Å². The highest BCUT2D eigenvalue weighted by atomic mass is 19.1. The molecule has 0 aliphatic heterocycles. The third-order valence-corrected chi connectivity index (χ3v) is 5.52. The van der Waals surface area contributed by atoms with E-state index in [0.29, 0.717) is 16.7 Å². The SMILES string of the molecule is COc1cc(-c2ccc(O)cc2)c(OC)c(C(=O)O)c1-c1ccc(OCc2ccccc2)c(F)c1. The van der Waals surface area contributed by atoms with Gasteiger partial charge in [0.1, 0.15) is 29.4 Å². The quantitative estimate of drug-likeness (QED) is 0.318. The van der Waals surface area contributed by atoms with Gasteiger partial charge in [0.25, 0.3) is 0 Å². The van der Waals surface area contributed by atoms with E-state index in [1.54, 1.807) is 24.3 Å². The van der Waals surface area contributed by atoms with Gasteiger partial charge in [-0.15, -0.1) is 0 Å². The van der Waals surface area contributed by atoms with Crippen LogP contribution in [0.1, 0.15) is 15.9 Å². The zero-order chi connectivity index (χ0) is 24.9. The van der Waals surface area contributed by atoms with Crippen molar-refractivity contribution in [3.8, 4) is 45.3 Å². The molecule has 0 heterocycles. The van der Waals surface area contributed by atoms with Gasteiger partial charge in [-0.3, -0.25) is 0 Å². The number of rotatable bonds is 8. The van der Waals surface area contributed by atoms with Gasteiger partial charge >= 0.3 is 5.97 Å². The lowest BCUT2D eigenvalue weighted by molar-refractivity contribution is 0.0694. The molecule has 0 bridgehead atoms. The minimum atomic E-state index is -1.26. The zero-order valence-electron chi connectivity index (χ0n) is 19.1. The van der Waals surface area contributed by atoms with Gasteiger partial charge in [0, 0.05) is 11.1 Å². The normalized spacial score (nSPS) is 10.6. The minimum Gasteiger partial charge on any atom is -0.508 e. The van der Waals surface area contributed by atoms with Crippen molar-refractivity contribution >= 4 is 5.97 Å². The maximum Gasteiger partial charge on any atom is 0.340 e. The number of hydrogen-bond donors (Lipinski definition) is 2. The fraction of sp³-hybridized carbons (Fsp3) is 0.107. The first-order valence-corrected chi connectivity index (χ1v) is 10.7. The molecule has 0 atom stereocenters. The molecule has 0 unspecified atom stereocenters. The summed E-state index contributed by atoms with van der Waals surface area (Å²) in [6.07, 6.45) is 0. The second-order valence-corrected chi connectivity index (χ2v) is 7.68. The summed E-state index contributed by atoms with van der Waals surface area (Å²) < 4.78 is 31.7. The lowest BCUT2D eigenvalue weighted by atomic mass is 9.92. The highest BCUT2D eigenvalue weighted by Gasteiger charge is 2.27. The number of halogens is 1. The summed E-state index contributed by atoms with van der Waals surface area (Å²) in [6, 6.07) is 21.5. The van der Waals surface area contributed by atoms with E-state index >= 15 is 4.39 Å². The van der Waals surface area contributed by atoms with Crippen LogP contribution in [0.4, 0.5) is 4.39 Å². The average molecular weight is 474 g/mol. The van der Waals surface area contributed by atoms with Crippen LogP contribution in [0.5, 0.6) is 23.0 Å². The number of phenols is 1. The molecule has 0 aliphatic rings. The van der Waals surface area contributed by atoms with Crippen molar-refractivity contribution in [2.24, 2.45) is 0 Å². The van der Waals surface area contributed by atoms with Crippen LogP contribution in [0.3, 0.4) is 0 Å². The van der Waals surface area contributed by atoms with E-state index in [1.807, 2.05) is 30.3 Å². The van der Waals surface area contributed by atoms with Gasteiger partial charge in [0.05, 0.1) is 14.2 Å². The largest absolute Gasteiger partial charge is 0.508 e. The van der Waals surface area contributed by atoms with E-state index in [-0.39, 0.29) is 40.7 Å². The van der Waals surface area contributed by atoms with Crippen molar-refractivity contribution in [2.45, 2.75) is 6.61 Å². The van der Waals surface area contributed by atoms with Gasteiger partial charge in [-0.25, -0.2) is 9.18 Å². The Morgan fingerprint density at radius 1 is 0.857 bits per heavy atom. The summed E-state index contributed by atoms with van der Waals surface area (Å²) in [5.74, 6) is -1.48. The fourth-order valence-corrected chi connectivity index (χ4v) is 3.87. The molecule has 0 fully saturated rings. The van der Waals surface area contributed by atoms with Crippen LogP contribution in [-0.2, 0) is 6.61 Å². The third kappa shape index (κ3) is 4.89. The van der Waals surface area contributed by atoms with Gasteiger partial charge < -0.3 is 24.4 Å². The second kappa shape index (κ2) is 10.2. The highest BCUT2D eigenvalue weighted by molar-refractivity contribution is 6.04. The first kappa shape index (κ1) is 23.6. The Morgan fingerprint density at radius 2 is 1.54 bits per heavy atom. The first-order chi connectivity index (χ1) is 16.9. The summed E-state index contributed by atoms with van der Waals surface area (Å²) in [4.78, 5) is 12.4. The molecule has 178 valence electrons. The van der Waals surface area contributed by atoms with Gasteiger partial charge in [0.2, 0.25) is 0 Å². The molecule has 35 heavy (non-hydrogen) atoms. The van der Waals surface area contributed by atoms with E-state index in [1.165, 1.54) is 38.5 Å². The Labute approximate surface area is 201 Å². The van der Waals surface area contributed by atoms with E-state index in [2.05, 4.69) is 0 Å². The molecule has 0 saturated carbocycles. The van der Waals surface area contributed by atoms with Crippen molar-refractivity contribution in [2.75, 3.05) is 14.2 Å². The summed E-state index contributed by atoms with van der Waals surface area (Å²) in [7, 11) is 2.77. The number of carboxylic acids is 1. The summed E-state index contributed by atoms with van der Waals surface area (Å²) in [5, 5.41) is 19.7. The lowest BCUT2D eigenvalue weighted by Gasteiger charge is -2.19. The molecule has 0 saturated heterocycles. The molecule has 7 heteroatoms. The molecule has 0 radical (unpaired) electrons. The van der Waals surface area contributed by atoms with Crippen LogP contribution in [-0.4, -0.2) is 30.4 Å². The summed E-state index contributed by atoms with van der Waals surface area (Å²) in [5.41, 5.74) is 2.25. The highest BCUT2D eigenvalue weighted by Crippen LogP contribution is 2.45. The molecule has 2 N–H and O–H groups in total. The van der Waals surface area contributed by atoms with Crippen LogP contribution in [0.15, 0.2) is 78.9 Å². The molecule has 0 aromatic heterocycles. The average Bonchev–Trinajstić information content (AvgIpc) is 2.87. The Bertz CT molecular complexity index is 1350. The lowest BCUT2D eigenvalue weighted by Crippen LogP contribution is -2.07. The Morgan fingerprint density at radius 3 is 2.14 bits per heavy atom. The number of methoxy groups -OCH3 is 2. The van der Waals surface area contributed by atoms with Gasteiger partial charge in [-0.05, 0) is 47.0 Å².